The van der Waals surface area contributed by atoms with Crippen LogP contribution in [0.15, 0.2) is 65.8 Å². The number of ether oxygens (including phenoxy) is 2. The van der Waals surface area contributed by atoms with E-state index in [-0.39, 0.29) is 6.29 Å². The molecule has 0 amide bonds. The highest BCUT2D eigenvalue weighted by Crippen LogP contribution is 2.24. The largest absolute Gasteiger partial charge is 0.352 e. The van der Waals surface area contributed by atoms with E-state index in [0.717, 1.165) is 15.8 Å². The Labute approximate surface area is 151 Å². The Bertz CT molecular complexity index is 539. The van der Waals surface area contributed by atoms with E-state index in [1.807, 2.05) is 72.6 Å². The zero-order valence-electron chi connectivity index (χ0n) is 13.1. The predicted octanol–water partition coefficient (Wildman–Crippen LogP) is 4.62. The Balaban J connectivity index is 2.05. The number of alkyl halides is 1. The van der Waals surface area contributed by atoms with Crippen molar-refractivity contribution < 1.29 is 9.47 Å². The number of nitrogens with zero attached hydrogens (tertiary/aromatic N) is 2. The van der Waals surface area contributed by atoms with Crippen molar-refractivity contribution in [3.05, 3.63) is 60.7 Å². The van der Waals surface area contributed by atoms with Crippen molar-refractivity contribution in [2.45, 2.75) is 13.2 Å². The molecule has 0 aliphatic rings. The van der Waals surface area contributed by atoms with Gasteiger partial charge in [0.25, 0.3) is 0 Å². The van der Waals surface area contributed by atoms with Crippen LogP contribution in [-0.2, 0) is 9.47 Å². The maximum Gasteiger partial charge on any atom is 0.166 e. The molecular weight excluding hydrogens is 403 g/mol. The number of benzene rings is 2. The van der Waals surface area contributed by atoms with Gasteiger partial charge in [-0.25, -0.2) is 5.01 Å². The van der Waals surface area contributed by atoms with Gasteiger partial charge >= 0.3 is 0 Å². The van der Waals surface area contributed by atoms with Gasteiger partial charge in [-0.2, -0.15) is 5.10 Å². The highest BCUT2D eigenvalue weighted by molar-refractivity contribution is 14.1. The smallest absolute Gasteiger partial charge is 0.166 e. The molecule has 0 N–H and O–H groups in total. The molecule has 0 saturated heterocycles. The van der Waals surface area contributed by atoms with Crippen molar-refractivity contribution in [2.24, 2.45) is 5.10 Å². The first-order valence-corrected chi connectivity index (χ1v) is 9.09. The van der Waals surface area contributed by atoms with E-state index in [2.05, 4.69) is 27.7 Å². The predicted molar refractivity (Wildman–Crippen MR) is 104 cm³/mol. The molecule has 2 aromatic rings. The highest BCUT2D eigenvalue weighted by Gasteiger charge is 2.07. The van der Waals surface area contributed by atoms with Gasteiger partial charge in [0, 0.05) is 6.61 Å². The Morgan fingerprint density at radius 1 is 1.00 bits per heavy atom. The molecule has 0 saturated carbocycles. The lowest BCUT2D eigenvalue weighted by molar-refractivity contribution is -0.109. The minimum absolute atomic E-state index is 0.186. The number of hydrazone groups is 1. The van der Waals surface area contributed by atoms with Gasteiger partial charge in [0.2, 0.25) is 0 Å². The minimum atomic E-state index is -0.186. The summed E-state index contributed by atoms with van der Waals surface area (Å²) >= 11 is 2.25. The lowest BCUT2D eigenvalue weighted by atomic mass is 10.2. The van der Waals surface area contributed by atoms with Crippen LogP contribution in [0, 0.1) is 0 Å². The third kappa shape index (κ3) is 5.93. The molecule has 23 heavy (non-hydrogen) atoms. The summed E-state index contributed by atoms with van der Waals surface area (Å²) in [5.74, 6) is 0. The third-order valence-electron chi connectivity index (χ3n) is 3.03. The fourth-order valence-corrected chi connectivity index (χ4v) is 2.52. The monoisotopic (exact) mass is 424 g/mol. The first-order chi connectivity index (χ1) is 11.3. The first kappa shape index (κ1) is 17.9. The summed E-state index contributed by atoms with van der Waals surface area (Å²) in [4.78, 5) is 0. The molecule has 122 valence electrons. The van der Waals surface area contributed by atoms with E-state index >= 15 is 0 Å². The summed E-state index contributed by atoms with van der Waals surface area (Å²) in [5.41, 5.74) is 2.01. The third-order valence-corrected chi connectivity index (χ3v) is 3.75. The summed E-state index contributed by atoms with van der Waals surface area (Å²) in [6.45, 7) is 3.01. The average molecular weight is 424 g/mol. The van der Waals surface area contributed by atoms with Crippen LogP contribution >= 0.6 is 22.6 Å². The Morgan fingerprint density at radius 3 is 2.04 bits per heavy atom. The van der Waals surface area contributed by atoms with Crippen molar-refractivity contribution in [2.75, 3.05) is 22.7 Å². The van der Waals surface area contributed by atoms with Crippen molar-refractivity contribution in [1.82, 2.24) is 0 Å². The van der Waals surface area contributed by atoms with Gasteiger partial charge in [-0.15, -0.1) is 0 Å². The molecule has 0 aromatic heterocycles. The maximum atomic E-state index is 5.65. The fourth-order valence-electron chi connectivity index (χ4n) is 2.01. The van der Waals surface area contributed by atoms with Crippen LogP contribution in [0.1, 0.15) is 6.92 Å². The van der Waals surface area contributed by atoms with Crippen LogP contribution in [0.2, 0.25) is 0 Å². The summed E-state index contributed by atoms with van der Waals surface area (Å²) in [6, 6.07) is 20.1. The van der Waals surface area contributed by atoms with Gasteiger partial charge in [0.15, 0.2) is 6.29 Å². The summed E-state index contributed by atoms with van der Waals surface area (Å²) < 4.78 is 11.9. The second-order valence-electron chi connectivity index (χ2n) is 4.65. The van der Waals surface area contributed by atoms with E-state index in [9.17, 15) is 0 Å². The molecule has 5 heteroatoms. The van der Waals surface area contributed by atoms with Crippen LogP contribution in [0.3, 0.4) is 0 Å². The zero-order chi connectivity index (χ0) is 16.3. The van der Waals surface area contributed by atoms with E-state index in [0.29, 0.717) is 13.2 Å². The minimum Gasteiger partial charge on any atom is -0.352 e. The van der Waals surface area contributed by atoms with Gasteiger partial charge in [-0.05, 0) is 31.2 Å². The Morgan fingerprint density at radius 2 is 1.57 bits per heavy atom. The standard InChI is InChI=1S/C18H21IN2O2/c1-2-22-18(15-19)23-14-13-20-21(16-9-5-3-6-10-16)17-11-7-4-8-12-17/h3-13,18H,2,14-15H2,1H3/b20-13+. The molecule has 0 spiro atoms. The van der Waals surface area contributed by atoms with Gasteiger partial charge in [-0.1, -0.05) is 59.0 Å². The number of anilines is 2. The lowest BCUT2D eigenvalue weighted by Gasteiger charge is -2.19. The molecule has 0 fully saturated rings. The lowest BCUT2D eigenvalue weighted by Crippen LogP contribution is -2.20. The molecular formula is C18H21IN2O2. The number of rotatable bonds is 9. The number of hydrogen-bond acceptors (Lipinski definition) is 4. The van der Waals surface area contributed by atoms with Crippen LogP contribution in [-0.4, -0.2) is 30.1 Å². The maximum absolute atomic E-state index is 5.65. The molecule has 2 rings (SSSR count). The van der Waals surface area contributed by atoms with Crippen LogP contribution in [0.4, 0.5) is 11.4 Å². The van der Waals surface area contributed by atoms with E-state index in [4.69, 9.17) is 9.47 Å². The van der Waals surface area contributed by atoms with Crippen molar-refractivity contribution in [3.63, 3.8) is 0 Å². The molecule has 0 radical (unpaired) electrons. The van der Waals surface area contributed by atoms with Gasteiger partial charge in [0.05, 0.1) is 28.6 Å². The normalized spacial score (nSPS) is 12.4. The number of para-hydroxylation sites is 2. The van der Waals surface area contributed by atoms with Crippen molar-refractivity contribution in [1.29, 1.82) is 0 Å². The molecule has 1 atom stereocenters. The first-order valence-electron chi connectivity index (χ1n) is 7.57. The number of hydrogen-bond donors (Lipinski definition) is 0. The van der Waals surface area contributed by atoms with Crippen LogP contribution in [0.5, 0.6) is 0 Å². The van der Waals surface area contributed by atoms with Gasteiger partial charge in [0.1, 0.15) is 0 Å². The Kier molecular flexibility index (Phi) is 8.06. The zero-order valence-corrected chi connectivity index (χ0v) is 15.3. The second kappa shape index (κ2) is 10.4. The average Bonchev–Trinajstić information content (AvgIpc) is 2.62. The summed E-state index contributed by atoms with van der Waals surface area (Å²) in [7, 11) is 0. The molecule has 0 bridgehead atoms. The highest BCUT2D eigenvalue weighted by atomic mass is 127. The van der Waals surface area contributed by atoms with Crippen molar-refractivity contribution in [3.8, 4) is 0 Å². The van der Waals surface area contributed by atoms with E-state index < -0.39 is 0 Å². The molecule has 1 unspecified atom stereocenters. The number of halogens is 1. The fraction of sp³-hybridized carbons (Fsp3) is 0.278. The molecule has 4 nitrogen and oxygen atoms in total. The van der Waals surface area contributed by atoms with Crippen LogP contribution in [0.25, 0.3) is 0 Å². The Hall–Kier alpha value is -1.44. The molecule has 0 aliphatic carbocycles. The quantitative estimate of drug-likeness (QED) is 0.194. The van der Waals surface area contributed by atoms with E-state index in [1.54, 1.807) is 6.21 Å². The van der Waals surface area contributed by atoms with E-state index in [1.165, 1.54) is 0 Å². The SMILES string of the molecule is CCOC(CI)OC/C=N/N(c1ccccc1)c1ccccc1. The topological polar surface area (TPSA) is 34.1 Å². The van der Waals surface area contributed by atoms with Crippen molar-refractivity contribution >= 4 is 40.2 Å². The van der Waals surface area contributed by atoms with Crippen LogP contribution < -0.4 is 5.01 Å². The second-order valence-corrected chi connectivity index (χ2v) is 5.53. The molecule has 2 aromatic carbocycles. The molecule has 0 heterocycles. The summed E-state index contributed by atoms with van der Waals surface area (Å²) in [6.07, 6.45) is 1.58. The van der Waals surface area contributed by atoms with Gasteiger partial charge in [-0.3, -0.25) is 0 Å². The molecule has 0 aliphatic heterocycles. The summed E-state index contributed by atoms with van der Waals surface area (Å²) in [5, 5.41) is 6.45. The van der Waals surface area contributed by atoms with Gasteiger partial charge < -0.3 is 9.47 Å².